The summed E-state index contributed by atoms with van der Waals surface area (Å²) < 4.78 is 11.7. The van der Waals surface area contributed by atoms with Crippen molar-refractivity contribution in [2.75, 3.05) is 18.1 Å². The van der Waals surface area contributed by atoms with Gasteiger partial charge in [0.15, 0.2) is 0 Å². The third-order valence-corrected chi connectivity index (χ3v) is 5.31. The molecular weight excluding hydrogens is 278 g/mol. The normalized spacial score (nSPS) is 27.5. The van der Waals surface area contributed by atoms with Crippen molar-refractivity contribution in [3.63, 3.8) is 0 Å². The van der Waals surface area contributed by atoms with Gasteiger partial charge in [-0.25, -0.2) is 0 Å². The van der Waals surface area contributed by atoms with E-state index in [2.05, 4.69) is 39.8 Å². The Labute approximate surface area is 131 Å². The fourth-order valence-electron chi connectivity index (χ4n) is 4.38. The number of hydrogen-bond donors (Lipinski definition) is 0. The first-order valence-electron chi connectivity index (χ1n) is 8.20. The van der Waals surface area contributed by atoms with Crippen LogP contribution in [0, 0.1) is 0 Å². The Morgan fingerprint density at radius 1 is 1.27 bits per heavy atom. The summed E-state index contributed by atoms with van der Waals surface area (Å²) in [5.74, 6) is -0.821. The number of fused-ring (bicyclic) bond motifs is 1. The van der Waals surface area contributed by atoms with E-state index in [1.165, 1.54) is 11.1 Å². The number of amides is 1. The molecule has 1 unspecified atom stereocenters. The van der Waals surface area contributed by atoms with Crippen molar-refractivity contribution < 1.29 is 14.3 Å². The van der Waals surface area contributed by atoms with Crippen molar-refractivity contribution in [3.8, 4) is 0 Å². The highest BCUT2D eigenvalue weighted by Crippen LogP contribution is 2.55. The summed E-state index contributed by atoms with van der Waals surface area (Å²) in [6.07, 6.45) is 1.90. The fourth-order valence-corrected chi connectivity index (χ4v) is 4.38. The summed E-state index contributed by atoms with van der Waals surface area (Å²) in [6, 6.07) is 4.36. The van der Waals surface area contributed by atoms with Crippen LogP contribution in [0.3, 0.4) is 0 Å². The van der Waals surface area contributed by atoms with E-state index in [1.807, 2.05) is 4.90 Å². The number of carbonyl (C=O) groups is 1. The van der Waals surface area contributed by atoms with Gasteiger partial charge in [0.1, 0.15) is 0 Å². The Bertz CT molecular complexity index is 659. The third kappa shape index (κ3) is 1.57. The molecule has 1 amide bonds. The van der Waals surface area contributed by atoms with Crippen LogP contribution in [-0.4, -0.2) is 24.7 Å². The van der Waals surface area contributed by atoms with E-state index >= 15 is 0 Å². The van der Waals surface area contributed by atoms with Crippen molar-refractivity contribution in [2.24, 2.45) is 0 Å². The summed E-state index contributed by atoms with van der Waals surface area (Å²) in [5.41, 5.74) is 4.24. The van der Waals surface area contributed by atoms with Gasteiger partial charge in [-0.3, -0.25) is 4.79 Å². The molecule has 1 saturated heterocycles. The van der Waals surface area contributed by atoms with Gasteiger partial charge in [0.25, 0.3) is 11.7 Å². The zero-order valence-corrected chi connectivity index (χ0v) is 13.7. The SMILES string of the molecule is CCc1cc2c3c(c1)C1(OCCO1)C(=O)N3C(C)(C)CC2C. The van der Waals surface area contributed by atoms with Crippen LogP contribution in [0.25, 0.3) is 0 Å². The van der Waals surface area contributed by atoms with Gasteiger partial charge in [0, 0.05) is 11.1 Å². The molecule has 4 rings (SSSR count). The molecule has 118 valence electrons. The number of rotatable bonds is 1. The van der Waals surface area contributed by atoms with Gasteiger partial charge in [-0.1, -0.05) is 19.9 Å². The summed E-state index contributed by atoms with van der Waals surface area (Å²) >= 11 is 0. The van der Waals surface area contributed by atoms with Crippen molar-refractivity contribution in [1.29, 1.82) is 0 Å². The summed E-state index contributed by atoms with van der Waals surface area (Å²) in [7, 11) is 0. The van der Waals surface area contributed by atoms with Crippen LogP contribution in [-0.2, 0) is 26.5 Å². The molecule has 22 heavy (non-hydrogen) atoms. The Balaban J connectivity index is 2.03. The third-order valence-electron chi connectivity index (χ3n) is 5.31. The smallest absolute Gasteiger partial charge is 0.293 e. The molecule has 4 heteroatoms. The van der Waals surface area contributed by atoms with Gasteiger partial charge < -0.3 is 14.4 Å². The van der Waals surface area contributed by atoms with E-state index in [0.29, 0.717) is 19.1 Å². The Morgan fingerprint density at radius 3 is 2.59 bits per heavy atom. The predicted octanol–water partition coefficient (Wildman–Crippen LogP) is 3.08. The maximum atomic E-state index is 13.2. The van der Waals surface area contributed by atoms with Crippen LogP contribution in [0.1, 0.15) is 56.7 Å². The Hall–Kier alpha value is -1.39. The Morgan fingerprint density at radius 2 is 1.95 bits per heavy atom. The second-order valence-corrected chi connectivity index (χ2v) is 7.31. The molecule has 0 N–H and O–H groups in total. The maximum absolute atomic E-state index is 13.2. The molecule has 0 radical (unpaired) electrons. The van der Waals surface area contributed by atoms with Crippen LogP contribution >= 0.6 is 0 Å². The lowest BCUT2D eigenvalue weighted by Gasteiger charge is -2.43. The van der Waals surface area contributed by atoms with Crippen LogP contribution in [0.4, 0.5) is 5.69 Å². The summed E-state index contributed by atoms with van der Waals surface area (Å²) in [5, 5.41) is 0. The average molecular weight is 301 g/mol. The fraction of sp³-hybridized carbons (Fsp3) is 0.611. The molecule has 0 saturated carbocycles. The van der Waals surface area contributed by atoms with Crippen LogP contribution in [0.15, 0.2) is 12.1 Å². The molecule has 1 aromatic carbocycles. The largest absolute Gasteiger partial charge is 0.336 e. The van der Waals surface area contributed by atoms with E-state index in [1.54, 1.807) is 0 Å². The van der Waals surface area contributed by atoms with E-state index in [0.717, 1.165) is 24.1 Å². The minimum absolute atomic E-state index is 0.0496. The second-order valence-electron chi connectivity index (χ2n) is 7.31. The van der Waals surface area contributed by atoms with Gasteiger partial charge in [-0.2, -0.15) is 0 Å². The highest BCUT2D eigenvalue weighted by Gasteiger charge is 2.61. The van der Waals surface area contributed by atoms with Crippen molar-refractivity contribution in [2.45, 2.75) is 57.8 Å². The minimum atomic E-state index is -1.20. The predicted molar refractivity (Wildman–Crippen MR) is 84.0 cm³/mol. The Kier molecular flexibility index (Phi) is 2.80. The first-order chi connectivity index (χ1) is 10.4. The number of carbonyl (C=O) groups excluding carboxylic acids is 1. The quantitative estimate of drug-likeness (QED) is 0.800. The highest BCUT2D eigenvalue weighted by molar-refractivity contribution is 6.08. The lowest BCUT2D eigenvalue weighted by molar-refractivity contribution is -0.181. The summed E-state index contributed by atoms with van der Waals surface area (Å²) in [6.45, 7) is 9.61. The molecule has 1 atom stereocenters. The van der Waals surface area contributed by atoms with Gasteiger partial charge in [0.2, 0.25) is 0 Å². The highest BCUT2D eigenvalue weighted by atomic mass is 16.7. The van der Waals surface area contributed by atoms with Gasteiger partial charge in [-0.05, 0) is 49.8 Å². The molecule has 1 aromatic rings. The van der Waals surface area contributed by atoms with E-state index in [4.69, 9.17) is 9.47 Å². The van der Waals surface area contributed by atoms with Gasteiger partial charge in [-0.15, -0.1) is 0 Å². The first kappa shape index (κ1) is 14.2. The maximum Gasteiger partial charge on any atom is 0.293 e. The number of benzene rings is 1. The van der Waals surface area contributed by atoms with E-state index in [-0.39, 0.29) is 11.4 Å². The topological polar surface area (TPSA) is 38.8 Å². The second kappa shape index (κ2) is 4.33. The van der Waals surface area contributed by atoms with Crippen LogP contribution in [0.5, 0.6) is 0 Å². The molecule has 1 spiro atoms. The van der Waals surface area contributed by atoms with E-state index in [9.17, 15) is 4.79 Å². The molecule has 0 aromatic heterocycles. The molecule has 0 bridgehead atoms. The van der Waals surface area contributed by atoms with Crippen molar-refractivity contribution >= 4 is 11.6 Å². The lowest BCUT2D eigenvalue weighted by Crippen LogP contribution is -2.53. The molecular formula is C18H23NO3. The van der Waals surface area contributed by atoms with Crippen LogP contribution < -0.4 is 4.90 Å². The lowest BCUT2D eigenvalue weighted by atomic mass is 9.79. The molecule has 3 aliphatic heterocycles. The van der Waals surface area contributed by atoms with Crippen LogP contribution in [0.2, 0.25) is 0 Å². The van der Waals surface area contributed by atoms with Crippen molar-refractivity contribution in [1.82, 2.24) is 0 Å². The van der Waals surface area contributed by atoms with Gasteiger partial charge >= 0.3 is 0 Å². The van der Waals surface area contributed by atoms with Crippen molar-refractivity contribution in [3.05, 3.63) is 28.8 Å². The standard InChI is InChI=1S/C18H23NO3/c1-5-12-8-13-11(2)10-17(3,4)19-15(13)14(9-12)18(16(19)20)21-6-7-22-18/h8-9,11H,5-7,10H2,1-4H3. The number of nitrogens with zero attached hydrogens (tertiary/aromatic N) is 1. The number of aryl methyl sites for hydroxylation is 1. The number of hydrogen-bond acceptors (Lipinski definition) is 3. The monoisotopic (exact) mass is 301 g/mol. The first-order valence-corrected chi connectivity index (χ1v) is 8.20. The van der Waals surface area contributed by atoms with E-state index < -0.39 is 5.79 Å². The minimum Gasteiger partial charge on any atom is -0.336 e. The molecule has 1 fully saturated rings. The number of ether oxygens (including phenoxy) is 2. The average Bonchev–Trinajstić information content (AvgIpc) is 3.04. The zero-order chi connectivity index (χ0) is 15.7. The summed E-state index contributed by atoms with van der Waals surface area (Å²) in [4.78, 5) is 15.1. The molecule has 3 heterocycles. The number of anilines is 1. The molecule has 0 aliphatic carbocycles. The molecule has 4 nitrogen and oxygen atoms in total. The molecule has 3 aliphatic rings. The zero-order valence-electron chi connectivity index (χ0n) is 13.7. The van der Waals surface area contributed by atoms with Gasteiger partial charge in [0.05, 0.1) is 18.9 Å².